The van der Waals surface area contributed by atoms with Gasteiger partial charge in [-0.15, -0.1) is 0 Å². The Morgan fingerprint density at radius 1 is 1.46 bits per heavy atom. The molecule has 0 saturated heterocycles. The molecule has 2 heteroatoms. The second-order valence-electron chi connectivity index (χ2n) is 3.92. The lowest BCUT2D eigenvalue weighted by Crippen LogP contribution is -2.29. The highest BCUT2D eigenvalue weighted by molar-refractivity contribution is 4.99. The van der Waals surface area contributed by atoms with Crippen molar-refractivity contribution in [2.75, 3.05) is 13.7 Å². The van der Waals surface area contributed by atoms with Crippen molar-refractivity contribution in [3.63, 3.8) is 0 Å². The van der Waals surface area contributed by atoms with E-state index >= 15 is 0 Å². The van der Waals surface area contributed by atoms with Gasteiger partial charge in [-0.25, -0.2) is 0 Å². The smallest absolute Gasteiger partial charge is 0.0656 e. The van der Waals surface area contributed by atoms with E-state index in [0.717, 1.165) is 12.8 Å². The van der Waals surface area contributed by atoms with E-state index in [1.165, 1.54) is 0 Å². The summed E-state index contributed by atoms with van der Waals surface area (Å²) in [5, 5.41) is 8.69. The van der Waals surface area contributed by atoms with E-state index in [-0.39, 0.29) is 18.1 Å². The summed E-state index contributed by atoms with van der Waals surface area (Å²) in [5.74, 6) is 0. The van der Waals surface area contributed by atoms with E-state index in [9.17, 15) is 0 Å². The van der Waals surface area contributed by atoms with Crippen LogP contribution >= 0.6 is 0 Å². The quantitative estimate of drug-likeness (QED) is 0.645. The van der Waals surface area contributed by atoms with Crippen LogP contribution in [0, 0.1) is 5.41 Å². The van der Waals surface area contributed by atoms with Crippen molar-refractivity contribution < 1.29 is 9.84 Å². The first kappa shape index (κ1) is 12.7. The second-order valence-corrected chi connectivity index (χ2v) is 3.92. The minimum absolute atomic E-state index is 0.00743. The standard InChI is InChI=1S/C11H22O2/c1-5-7-10(13-4)11(2,3)8-6-9-12/h6,8,10,12H,5,7,9H2,1-4H3. The summed E-state index contributed by atoms with van der Waals surface area (Å²) in [6, 6.07) is 0. The van der Waals surface area contributed by atoms with Crippen molar-refractivity contribution in [2.45, 2.75) is 39.7 Å². The van der Waals surface area contributed by atoms with Crippen molar-refractivity contribution >= 4 is 0 Å². The van der Waals surface area contributed by atoms with E-state index in [4.69, 9.17) is 9.84 Å². The van der Waals surface area contributed by atoms with Gasteiger partial charge in [-0.1, -0.05) is 39.3 Å². The molecule has 0 fully saturated rings. The highest BCUT2D eigenvalue weighted by Gasteiger charge is 2.25. The molecule has 0 amide bonds. The topological polar surface area (TPSA) is 29.5 Å². The van der Waals surface area contributed by atoms with Gasteiger partial charge in [-0.3, -0.25) is 0 Å². The molecular formula is C11H22O2. The lowest BCUT2D eigenvalue weighted by atomic mass is 9.83. The molecule has 0 aromatic carbocycles. The third kappa shape index (κ3) is 4.44. The number of aliphatic hydroxyl groups excluding tert-OH is 1. The zero-order valence-corrected chi connectivity index (χ0v) is 9.21. The van der Waals surface area contributed by atoms with Crippen molar-refractivity contribution in [2.24, 2.45) is 5.41 Å². The zero-order valence-electron chi connectivity index (χ0n) is 9.21. The second kappa shape index (κ2) is 6.17. The molecule has 13 heavy (non-hydrogen) atoms. The van der Waals surface area contributed by atoms with Gasteiger partial charge in [0.05, 0.1) is 12.7 Å². The predicted molar refractivity (Wildman–Crippen MR) is 55.7 cm³/mol. The maximum atomic E-state index is 8.69. The maximum Gasteiger partial charge on any atom is 0.0656 e. The first-order chi connectivity index (χ1) is 6.08. The maximum absolute atomic E-state index is 8.69. The molecule has 0 spiro atoms. The molecule has 0 saturated carbocycles. The fourth-order valence-electron chi connectivity index (χ4n) is 1.52. The lowest BCUT2D eigenvalue weighted by molar-refractivity contribution is 0.0243. The average Bonchev–Trinajstić information content (AvgIpc) is 2.10. The van der Waals surface area contributed by atoms with Crippen LogP contribution < -0.4 is 0 Å². The fourth-order valence-corrected chi connectivity index (χ4v) is 1.52. The normalized spacial score (nSPS) is 15.2. The van der Waals surface area contributed by atoms with Crippen LogP contribution in [-0.4, -0.2) is 24.9 Å². The lowest BCUT2D eigenvalue weighted by Gasteiger charge is -2.30. The summed E-state index contributed by atoms with van der Waals surface area (Å²) in [6.07, 6.45) is 6.22. The minimum atomic E-state index is 0.00743. The van der Waals surface area contributed by atoms with Crippen molar-refractivity contribution in [3.8, 4) is 0 Å². The molecular weight excluding hydrogens is 164 g/mol. The van der Waals surface area contributed by atoms with E-state index in [2.05, 4.69) is 20.8 Å². The van der Waals surface area contributed by atoms with Crippen LogP contribution in [0.1, 0.15) is 33.6 Å². The summed E-state index contributed by atoms with van der Waals surface area (Å²) in [7, 11) is 1.74. The molecule has 0 radical (unpaired) electrons. The largest absolute Gasteiger partial charge is 0.392 e. The summed E-state index contributed by atoms with van der Waals surface area (Å²) in [4.78, 5) is 0. The van der Waals surface area contributed by atoms with E-state index in [0.29, 0.717) is 0 Å². The summed E-state index contributed by atoms with van der Waals surface area (Å²) in [5.41, 5.74) is 0.00743. The van der Waals surface area contributed by atoms with Crippen LogP contribution in [0.5, 0.6) is 0 Å². The molecule has 0 aromatic rings. The summed E-state index contributed by atoms with van der Waals surface area (Å²) >= 11 is 0. The van der Waals surface area contributed by atoms with Crippen molar-refractivity contribution in [1.29, 1.82) is 0 Å². The third-order valence-corrected chi connectivity index (χ3v) is 2.32. The number of hydrogen-bond acceptors (Lipinski definition) is 2. The van der Waals surface area contributed by atoms with Gasteiger partial charge in [-0.05, 0) is 6.42 Å². The predicted octanol–water partition coefficient (Wildman–Crippen LogP) is 2.38. The van der Waals surface area contributed by atoms with Gasteiger partial charge in [0.25, 0.3) is 0 Å². The summed E-state index contributed by atoms with van der Waals surface area (Å²) in [6.45, 7) is 6.51. The Kier molecular flexibility index (Phi) is 6.00. The van der Waals surface area contributed by atoms with Crippen LogP contribution in [0.25, 0.3) is 0 Å². The van der Waals surface area contributed by atoms with Gasteiger partial charge < -0.3 is 9.84 Å². The van der Waals surface area contributed by atoms with E-state index in [1.54, 1.807) is 13.2 Å². The van der Waals surface area contributed by atoms with Crippen LogP contribution in [0.15, 0.2) is 12.2 Å². The molecule has 0 heterocycles. The first-order valence-corrected chi connectivity index (χ1v) is 4.89. The third-order valence-electron chi connectivity index (χ3n) is 2.32. The van der Waals surface area contributed by atoms with Crippen molar-refractivity contribution in [1.82, 2.24) is 0 Å². The molecule has 0 aliphatic heterocycles. The molecule has 0 aromatic heterocycles. The Morgan fingerprint density at radius 2 is 2.08 bits per heavy atom. The molecule has 1 N–H and O–H groups in total. The van der Waals surface area contributed by atoms with E-state index in [1.807, 2.05) is 6.08 Å². The van der Waals surface area contributed by atoms with Gasteiger partial charge in [0, 0.05) is 12.5 Å². The van der Waals surface area contributed by atoms with E-state index < -0.39 is 0 Å². The number of aliphatic hydroxyl groups is 1. The Hall–Kier alpha value is -0.340. The number of rotatable bonds is 6. The van der Waals surface area contributed by atoms with Crippen LogP contribution in [-0.2, 0) is 4.74 Å². The van der Waals surface area contributed by atoms with Gasteiger partial charge in [-0.2, -0.15) is 0 Å². The molecule has 1 unspecified atom stereocenters. The van der Waals surface area contributed by atoms with Gasteiger partial charge >= 0.3 is 0 Å². The number of hydrogen-bond donors (Lipinski definition) is 1. The van der Waals surface area contributed by atoms with Gasteiger partial charge in [0.2, 0.25) is 0 Å². The molecule has 2 nitrogen and oxygen atoms in total. The Bertz CT molecular complexity index is 150. The zero-order chi connectivity index (χ0) is 10.3. The number of methoxy groups -OCH3 is 1. The Labute approximate surface area is 81.6 Å². The molecule has 0 aliphatic carbocycles. The van der Waals surface area contributed by atoms with Crippen molar-refractivity contribution in [3.05, 3.63) is 12.2 Å². The first-order valence-electron chi connectivity index (χ1n) is 4.89. The van der Waals surface area contributed by atoms with Crippen LogP contribution in [0.3, 0.4) is 0 Å². The Balaban J connectivity index is 4.27. The summed E-state index contributed by atoms with van der Waals surface area (Å²) < 4.78 is 5.42. The highest BCUT2D eigenvalue weighted by Crippen LogP contribution is 2.27. The molecule has 0 rings (SSSR count). The van der Waals surface area contributed by atoms with Gasteiger partial charge in [0.1, 0.15) is 0 Å². The van der Waals surface area contributed by atoms with Gasteiger partial charge in [0.15, 0.2) is 0 Å². The fraction of sp³-hybridized carbons (Fsp3) is 0.818. The minimum Gasteiger partial charge on any atom is -0.392 e. The Morgan fingerprint density at radius 3 is 2.46 bits per heavy atom. The molecule has 1 atom stereocenters. The average molecular weight is 186 g/mol. The van der Waals surface area contributed by atoms with Crippen LogP contribution in [0.4, 0.5) is 0 Å². The monoisotopic (exact) mass is 186 g/mol. The molecule has 0 bridgehead atoms. The molecule has 78 valence electrons. The molecule has 0 aliphatic rings. The number of ether oxygens (including phenoxy) is 1. The highest BCUT2D eigenvalue weighted by atomic mass is 16.5. The SMILES string of the molecule is CCCC(OC)C(C)(C)C=CCO. The van der Waals surface area contributed by atoms with Crippen LogP contribution in [0.2, 0.25) is 0 Å².